The molecule has 0 spiro atoms. The number of amides is 1. The lowest BCUT2D eigenvalue weighted by Gasteiger charge is -2.11. The van der Waals surface area contributed by atoms with Gasteiger partial charge in [0.2, 0.25) is 0 Å². The molecule has 6 heteroatoms. The first-order valence-electron chi connectivity index (χ1n) is 6.73. The Morgan fingerprint density at radius 2 is 2.00 bits per heavy atom. The van der Waals surface area contributed by atoms with E-state index in [1.54, 1.807) is 0 Å². The van der Waals surface area contributed by atoms with Gasteiger partial charge in [0, 0.05) is 12.1 Å². The lowest BCUT2D eigenvalue weighted by molar-refractivity contribution is -0.143. The van der Waals surface area contributed by atoms with Gasteiger partial charge in [0.05, 0.1) is 22.9 Å². The van der Waals surface area contributed by atoms with Gasteiger partial charge in [-0.15, -0.1) is 0 Å². The number of nitrogens with one attached hydrogen (secondary N) is 2. The van der Waals surface area contributed by atoms with E-state index in [1.807, 2.05) is 30.3 Å². The minimum absolute atomic E-state index is 0.153. The second-order valence-corrected chi connectivity index (χ2v) is 5.29. The number of aliphatic carboxylic acids is 1. The van der Waals surface area contributed by atoms with E-state index in [9.17, 15) is 9.59 Å². The fraction of sp³-hybridized carbons (Fsp3) is 0.267. The molecule has 0 unspecified atom stereocenters. The Kier molecular flexibility index (Phi) is 3.21. The van der Waals surface area contributed by atoms with Crippen molar-refractivity contribution in [3.63, 3.8) is 0 Å². The van der Waals surface area contributed by atoms with Gasteiger partial charge in [-0.1, -0.05) is 30.3 Å². The van der Waals surface area contributed by atoms with Gasteiger partial charge < -0.3 is 10.4 Å². The van der Waals surface area contributed by atoms with Gasteiger partial charge >= 0.3 is 5.97 Å². The van der Waals surface area contributed by atoms with E-state index in [4.69, 9.17) is 5.11 Å². The highest BCUT2D eigenvalue weighted by molar-refractivity contribution is 6.00. The number of aromatic nitrogens is 2. The van der Waals surface area contributed by atoms with Crippen LogP contribution in [0.2, 0.25) is 0 Å². The van der Waals surface area contributed by atoms with E-state index in [0.29, 0.717) is 24.1 Å². The van der Waals surface area contributed by atoms with Crippen molar-refractivity contribution >= 4 is 11.9 Å². The number of carboxylic acid groups (broad SMARTS) is 1. The van der Waals surface area contributed by atoms with Crippen molar-refractivity contribution in [2.24, 2.45) is 5.41 Å². The van der Waals surface area contributed by atoms with Crippen molar-refractivity contribution in [3.8, 4) is 11.3 Å². The van der Waals surface area contributed by atoms with Crippen LogP contribution in [0.1, 0.15) is 23.2 Å². The van der Waals surface area contributed by atoms with E-state index in [1.165, 1.54) is 6.20 Å². The van der Waals surface area contributed by atoms with Crippen molar-refractivity contribution < 1.29 is 14.7 Å². The summed E-state index contributed by atoms with van der Waals surface area (Å²) in [6.07, 6.45) is 2.68. The van der Waals surface area contributed by atoms with Gasteiger partial charge in [0.25, 0.3) is 5.91 Å². The van der Waals surface area contributed by atoms with Crippen LogP contribution in [0.25, 0.3) is 11.3 Å². The molecule has 2 aromatic rings. The first-order chi connectivity index (χ1) is 10.1. The quantitative estimate of drug-likeness (QED) is 0.778. The van der Waals surface area contributed by atoms with Crippen LogP contribution in [-0.2, 0) is 4.79 Å². The van der Waals surface area contributed by atoms with Crippen molar-refractivity contribution in [2.75, 3.05) is 6.54 Å². The van der Waals surface area contributed by atoms with Crippen LogP contribution in [0, 0.1) is 5.41 Å². The number of carbonyl (C=O) groups excluding carboxylic acids is 1. The molecule has 1 fully saturated rings. The van der Waals surface area contributed by atoms with Crippen LogP contribution in [0.3, 0.4) is 0 Å². The minimum Gasteiger partial charge on any atom is -0.481 e. The molecule has 1 aliphatic rings. The van der Waals surface area contributed by atoms with Crippen LogP contribution >= 0.6 is 0 Å². The molecule has 1 aromatic carbocycles. The van der Waals surface area contributed by atoms with E-state index in [0.717, 1.165) is 5.56 Å². The normalized spacial score (nSPS) is 15.4. The molecule has 21 heavy (non-hydrogen) atoms. The SMILES string of the molecule is O=C(NCC1(C(=O)O)CC1)c1cn[nH]c1-c1ccccc1. The van der Waals surface area contributed by atoms with Crippen LogP contribution in [0.15, 0.2) is 36.5 Å². The van der Waals surface area contributed by atoms with Crippen molar-refractivity contribution in [1.29, 1.82) is 0 Å². The van der Waals surface area contributed by atoms with Gasteiger partial charge in [-0.3, -0.25) is 14.7 Å². The average molecular weight is 285 g/mol. The molecule has 6 nitrogen and oxygen atoms in total. The topological polar surface area (TPSA) is 95.1 Å². The number of nitrogens with zero attached hydrogens (tertiary/aromatic N) is 1. The number of hydrogen-bond acceptors (Lipinski definition) is 3. The number of H-pyrrole nitrogens is 1. The third-order valence-corrected chi connectivity index (χ3v) is 3.84. The average Bonchev–Trinajstić information content (AvgIpc) is 3.14. The first-order valence-corrected chi connectivity index (χ1v) is 6.73. The molecule has 3 N–H and O–H groups in total. The fourth-order valence-corrected chi connectivity index (χ4v) is 2.25. The predicted octanol–water partition coefficient (Wildman–Crippen LogP) is 1.67. The number of rotatable bonds is 5. The molecular weight excluding hydrogens is 270 g/mol. The van der Waals surface area contributed by atoms with Crippen molar-refractivity contribution in [3.05, 3.63) is 42.1 Å². The number of hydrogen-bond donors (Lipinski definition) is 3. The summed E-state index contributed by atoms with van der Waals surface area (Å²) in [6.45, 7) is 0.153. The monoisotopic (exact) mass is 285 g/mol. The maximum atomic E-state index is 12.2. The molecule has 3 rings (SSSR count). The summed E-state index contributed by atoms with van der Waals surface area (Å²) in [5.74, 6) is -1.16. The van der Waals surface area contributed by atoms with E-state index in [2.05, 4.69) is 15.5 Å². The fourth-order valence-electron chi connectivity index (χ4n) is 2.25. The van der Waals surface area contributed by atoms with Crippen LogP contribution in [-0.4, -0.2) is 33.7 Å². The van der Waals surface area contributed by atoms with Gasteiger partial charge in [-0.2, -0.15) is 5.10 Å². The van der Waals surface area contributed by atoms with Gasteiger partial charge in [0.1, 0.15) is 0 Å². The van der Waals surface area contributed by atoms with E-state index >= 15 is 0 Å². The van der Waals surface area contributed by atoms with Gasteiger partial charge in [-0.25, -0.2) is 0 Å². The molecule has 1 saturated carbocycles. The Labute approximate surface area is 121 Å². The van der Waals surface area contributed by atoms with E-state index < -0.39 is 11.4 Å². The van der Waals surface area contributed by atoms with Crippen LogP contribution < -0.4 is 5.32 Å². The number of benzene rings is 1. The van der Waals surface area contributed by atoms with Gasteiger partial charge in [0.15, 0.2) is 0 Å². The lowest BCUT2D eigenvalue weighted by Crippen LogP contribution is -2.34. The number of carbonyl (C=O) groups is 2. The maximum Gasteiger partial charge on any atom is 0.311 e. The molecule has 1 amide bonds. The van der Waals surface area contributed by atoms with Gasteiger partial charge in [-0.05, 0) is 12.8 Å². The predicted molar refractivity (Wildman–Crippen MR) is 75.7 cm³/mol. The Morgan fingerprint density at radius 1 is 1.29 bits per heavy atom. The molecule has 0 aliphatic heterocycles. The zero-order valence-electron chi connectivity index (χ0n) is 11.3. The number of aromatic amines is 1. The number of carboxylic acids is 1. The standard InChI is InChI=1S/C15H15N3O3/c19-13(16-9-15(6-7-15)14(20)21)11-8-17-18-12(11)10-4-2-1-3-5-10/h1-5,8H,6-7,9H2,(H,16,19)(H,17,18)(H,20,21). The second-order valence-electron chi connectivity index (χ2n) is 5.29. The lowest BCUT2D eigenvalue weighted by atomic mass is 10.1. The summed E-state index contributed by atoms with van der Waals surface area (Å²) in [6, 6.07) is 9.40. The largest absolute Gasteiger partial charge is 0.481 e. The molecule has 0 bridgehead atoms. The molecule has 108 valence electrons. The molecule has 1 aromatic heterocycles. The summed E-state index contributed by atoms with van der Waals surface area (Å²) in [7, 11) is 0. The molecule has 1 heterocycles. The summed E-state index contributed by atoms with van der Waals surface area (Å²) < 4.78 is 0. The molecule has 1 aliphatic carbocycles. The smallest absolute Gasteiger partial charge is 0.311 e. The van der Waals surface area contributed by atoms with Crippen molar-refractivity contribution in [2.45, 2.75) is 12.8 Å². The molecule has 0 atom stereocenters. The molecule has 0 saturated heterocycles. The summed E-state index contributed by atoms with van der Waals surface area (Å²) in [5.41, 5.74) is 1.14. The molecule has 0 radical (unpaired) electrons. The summed E-state index contributed by atoms with van der Waals surface area (Å²) >= 11 is 0. The Morgan fingerprint density at radius 3 is 2.62 bits per heavy atom. The maximum absolute atomic E-state index is 12.2. The van der Waals surface area contributed by atoms with Crippen LogP contribution in [0.5, 0.6) is 0 Å². The third-order valence-electron chi connectivity index (χ3n) is 3.84. The Bertz CT molecular complexity index is 674. The van der Waals surface area contributed by atoms with Crippen molar-refractivity contribution in [1.82, 2.24) is 15.5 Å². The zero-order valence-corrected chi connectivity index (χ0v) is 11.3. The third kappa shape index (κ3) is 2.52. The zero-order chi connectivity index (χ0) is 14.9. The first kappa shape index (κ1) is 13.4. The summed E-state index contributed by atoms with van der Waals surface area (Å²) in [4.78, 5) is 23.3. The highest BCUT2D eigenvalue weighted by Gasteiger charge is 2.50. The van der Waals surface area contributed by atoms with Crippen LogP contribution in [0.4, 0.5) is 0 Å². The Balaban J connectivity index is 1.75. The Hall–Kier alpha value is -2.63. The highest BCUT2D eigenvalue weighted by Crippen LogP contribution is 2.45. The summed E-state index contributed by atoms with van der Waals surface area (Å²) in [5, 5.41) is 18.5. The van der Waals surface area contributed by atoms with E-state index in [-0.39, 0.29) is 12.5 Å². The molecular formula is C15H15N3O3. The highest BCUT2D eigenvalue weighted by atomic mass is 16.4. The minimum atomic E-state index is -0.849. The second kappa shape index (κ2) is 5.05.